The topological polar surface area (TPSA) is 75.7 Å². The monoisotopic (exact) mass is 438 g/mol. The maximum atomic E-state index is 13.6. The largest absolute Gasteiger partial charge is 0.488 e. The zero-order valence-corrected chi connectivity index (χ0v) is 17.4. The van der Waals surface area contributed by atoms with Crippen LogP contribution in [-0.4, -0.2) is 44.4 Å². The fraction of sp³-hybridized carbons (Fsp3) is 0.381. The van der Waals surface area contributed by atoms with Crippen LogP contribution in [0.4, 0.5) is 8.78 Å². The molecule has 1 unspecified atom stereocenters. The van der Waals surface area contributed by atoms with E-state index in [1.54, 1.807) is 19.1 Å². The van der Waals surface area contributed by atoms with Crippen LogP contribution in [0.25, 0.3) is 0 Å². The van der Waals surface area contributed by atoms with Crippen molar-refractivity contribution in [3.63, 3.8) is 0 Å². The molecular formula is C21H24F2N2O4S. The van der Waals surface area contributed by atoms with E-state index >= 15 is 0 Å². The number of rotatable bonds is 7. The predicted octanol–water partition coefficient (Wildman–Crippen LogP) is 2.95. The van der Waals surface area contributed by atoms with Crippen molar-refractivity contribution in [1.82, 2.24) is 9.62 Å². The number of amides is 1. The quantitative estimate of drug-likeness (QED) is 0.721. The molecule has 30 heavy (non-hydrogen) atoms. The summed E-state index contributed by atoms with van der Waals surface area (Å²) >= 11 is 0. The van der Waals surface area contributed by atoms with Gasteiger partial charge in [-0.25, -0.2) is 17.2 Å². The van der Waals surface area contributed by atoms with Gasteiger partial charge in [-0.1, -0.05) is 12.1 Å². The molecular weight excluding hydrogens is 414 g/mol. The van der Waals surface area contributed by atoms with Gasteiger partial charge >= 0.3 is 0 Å². The summed E-state index contributed by atoms with van der Waals surface area (Å²) in [5, 5.41) is 2.83. The number of carbonyl (C=O) groups excluding carboxylic acids is 1. The maximum Gasteiger partial charge on any atom is 0.243 e. The molecule has 0 aliphatic carbocycles. The molecule has 2 aromatic carbocycles. The van der Waals surface area contributed by atoms with Crippen LogP contribution in [0.1, 0.15) is 19.8 Å². The second kappa shape index (κ2) is 9.53. The molecule has 1 saturated heterocycles. The Labute approximate surface area is 174 Å². The van der Waals surface area contributed by atoms with Gasteiger partial charge in [0, 0.05) is 19.0 Å². The number of piperidine rings is 1. The van der Waals surface area contributed by atoms with E-state index in [0.29, 0.717) is 12.8 Å². The Morgan fingerprint density at radius 3 is 2.40 bits per heavy atom. The lowest BCUT2D eigenvalue weighted by Gasteiger charge is -2.31. The van der Waals surface area contributed by atoms with Gasteiger partial charge in [-0.15, -0.1) is 0 Å². The second-order valence-corrected chi connectivity index (χ2v) is 9.22. The van der Waals surface area contributed by atoms with Crippen LogP contribution >= 0.6 is 0 Å². The Hall–Kier alpha value is -2.52. The van der Waals surface area contributed by atoms with Crippen LogP contribution in [-0.2, 0) is 14.8 Å². The molecule has 2 aromatic rings. The van der Waals surface area contributed by atoms with Crippen molar-refractivity contribution in [1.29, 1.82) is 0 Å². The van der Waals surface area contributed by atoms with Gasteiger partial charge in [-0.2, -0.15) is 4.31 Å². The predicted molar refractivity (Wildman–Crippen MR) is 107 cm³/mol. The number of para-hydroxylation sites is 1. The summed E-state index contributed by atoms with van der Waals surface area (Å²) < 4.78 is 58.7. The van der Waals surface area contributed by atoms with Gasteiger partial charge in [0.25, 0.3) is 0 Å². The smallest absolute Gasteiger partial charge is 0.243 e. The molecule has 0 spiro atoms. The van der Waals surface area contributed by atoms with E-state index < -0.39 is 21.7 Å². The molecule has 1 aliphatic rings. The van der Waals surface area contributed by atoms with Crippen molar-refractivity contribution >= 4 is 15.9 Å². The third-order valence-corrected chi connectivity index (χ3v) is 6.90. The first-order valence-corrected chi connectivity index (χ1v) is 11.1. The third-order valence-electron chi connectivity index (χ3n) is 4.99. The highest BCUT2D eigenvalue weighted by atomic mass is 32.2. The molecule has 1 amide bonds. The van der Waals surface area contributed by atoms with Gasteiger partial charge in [-0.3, -0.25) is 4.79 Å². The molecule has 9 heteroatoms. The van der Waals surface area contributed by atoms with Crippen molar-refractivity contribution in [3.8, 4) is 5.75 Å². The van der Waals surface area contributed by atoms with Gasteiger partial charge in [0.15, 0.2) is 11.6 Å². The van der Waals surface area contributed by atoms with Crippen molar-refractivity contribution in [2.75, 3.05) is 19.7 Å². The Morgan fingerprint density at radius 2 is 1.77 bits per heavy atom. The molecule has 1 aliphatic heterocycles. The number of hydrogen-bond donors (Lipinski definition) is 1. The molecule has 1 fully saturated rings. The fourth-order valence-corrected chi connectivity index (χ4v) is 4.76. The van der Waals surface area contributed by atoms with Crippen LogP contribution < -0.4 is 10.1 Å². The number of ether oxygens (including phenoxy) is 1. The van der Waals surface area contributed by atoms with Crippen molar-refractivity contribution in [2.45, 2.75) is 30.7 Å². The molecule has 162 valence electrons. The summed E-state index contributed by atoms with van der Waals surface area (Å²) in [6.45, 7) is 2.28. The fourth-order valence-electron chi connectivity index (χ4n) is 3.29. The molecule has 3 rings (SSSR count). The normalized spacial score (nSPS) is 16.8. The molecule has 1 heterocycles. The van der Waals surface area contributed by atoms with E-state index in [4.69, 9.17) is 4.74 Å². The van der Waals surface area contributed by atoms with E-state index in [2.05, 4.69) is 5.32 Å². The first kappa shape index (κ1) is 22.2. The molecule has 0 bridgehead atoms. The van der Waals surface area contributed by atoms with E-state index in [9.17, 15) is 22.0 Å². The number of nitrogens with zero attached hydrogens (tertiary/aromatic N) is 1. The summed E-state index contributed by atoms with van der Waals surface area (Å²) in [5.74, 6) is -1.35. The highest BCUT2D eigenvalue weighted by Crippen LogP contribution is 2.24. The van der Waals surface area contributed by atoms with Crippen molar-refractivity contribution in [2.24, 2.45) is 5.92 Å². The minimum Gasteiger partial charge on any atom is -0.488 e. The maximum absolute atomic E-state index is 13.6. The van der Waals surface area contributed by atoms with Gasteiger partial charge < -0.3 is 10.1 Å². The van der Waals surface area contributed by atoms with E-state index in [1.807, 2.05) is 0 Å². The lowest BCUT2D eigenvalue weighted by Crippen LogP contribution is -2.45. The number of benzene rings is 2. The van der Waals surface area contributed by atoms with Crippen molar-refractivity contribution in [3.05, 3.63) is 60.2 Å². The second-order valence-electron chi connectivity index (χ2n) is 7.28. The van der Waals surface area contributed by atoms with E-state index in [-0.39, 0.29) is 48.2 Å². The molecule has 6 nitrogen and oxygen atoms in total. The Bertz CT molecular complexity index is 975. The number of sulfonamides is 1. The number of carbonyl (C=O) groups is 1. The summed E-state index contributed by atoms with van der Waals surface area (Å²) in [6, 6.07) is 10.4. The van der Waals surface area contributed by atoms with Crippen LogP contribution in [0.3, 0.4) is 0 Å². The first-order chi connectivity index (χ1) is 14.3. The summed E-state index contributed by atoms with van der Waals surface area (Å²) in [4.78, 5) is 12.5. The van der Waals surface area contributed by atoms with Gasteiger partial charge in [0.1, 0.15) is 12.4 Å². The summed E-state index contributed by atoms with van der Waals surface area (Å²) in [5.41, 5.74) is 0. The highest BCUT2D eigenvalue weighted by molar-refractivity contribution is 7.89. The summed E-state index contributed by atoms with van der Waals surface area (Å²) in [6.07, 6.45) is 0.764. The molecule has 1 atom stereocenters. The SMILES string of the molecule is CC(COc1ccccc1F)NC(=O)C1CCN(S(=O)(=O)c2ccc(F)cc2)CC1. The van der Waals surface area contributed by atoms with Crippen LogP contribution in [0, 0.1) is 17.6 Å². The number of nitrogens with one attached hydrogen (secondary N) is 1. The van der Waals surface area contributed by atoms with E-state index in [1.165, 1.54) is 28.6 Å². The van der Waals surface area contributed by atoms with Crippen molar-refractivity contribution < 1.29 is 26.7 Å². The molecule has 0 saturated carbocycles. The zero-order chi connectivity index (χ0) is 21.7. The minimum atomic E-state index is -3.71. The third kappa shape index (κ3) is 5.34. The highest BCUT2D eigenvalue weighted by Gasteiger charge is 2.32. The minimum absolute atomic E-state index is 0.0331. The van der Waals surface area contributed by atoms with E-state index in [0.717, 1.165) is 12.1 Å². The number of halogens is 2. The molecule has 1 N–H and O–H groups in total. The number of hydrogen-bond acceptors (Lipinski definition) is 4. The average Bonchev–Trinajstić information content (AvgIpc) is 2.73. The van der Waals surface area contributed by atoms with Crippen LogP contribution in [0.2, 0.25) is 0 Å². The lowest BCUT2D eigenvalue weighted by atomic mass is 9.97. The molecule has 0 radical (unpaired) electrons. The average molecular weight is 438 g/mol. The first-order valence-electron chi connectivity index (χ1n) is 9.71. The van der Waals surface area contributed by atoms with Gasteiger partial charge in [0.2, 0.25) is 15.9 Å². The van der Waals surface area contributed by atoms with Gasteiger partial charge in [-0.05, 0) is 56.2 Å². The Balaban J connectivity index is 1.49. The van der Waals surface area contributed by atoms with Crippen LogP contribution in [0.5, 0.6) is 5.75 Å². The standard InChI is InChI=1S/C21H24F2N2O4S/c1-15(14-29-20-5-3-2-4-19(20)23)24-21(26)16-10-12-25(13-11-16)30(27,28)18-8-6-17(22)7-9-18/h2-9,15-16H,10-14H2,1H3,(H,24,26). The Morgan fingerprint density at radius 1 is 1.13 bits per heavy atom. The lowest BCUT2D eigenvalue weighted by molar-refractivity contribution is -0.126. The Kier molecular flexibility index (Phi) is 7.04. The summed E-state index contributed by atoms with van der Waals surface area (Å²) in [7, 11) is -3.71. The van der Waals surface area contributed by atoms with Gasteiger partial charge in [0.05, 0.1) is 10.9 Å². The molecule has 0 aromatic heterocycles. The zero-order valence-electron chi connectivity index (χ0n) is 16.6. The van der Waals surface area contributed by atoms with Crippen LogP contribution in [0.15, 0.2) is 53.4 Å².